The number of aliphatic hydroxyl groups is 1. The van der Waals surface area contributed by atoms with Gasteiger partial charge in [-0.05, 0) is 70.6 Å². The lowest BCUT2D eigenvalue weighted by Gasteiger charge is -2.25. The Morgan fingerprint density at radius 3 is 1.41 bits per heavy atom. The maximum atomic E-state index is 12.9. The minimum atomic E-state index is -4.35. The number of hydrogen-bond donors (Lipinski definition) is 3. The quantitative estimate of drug-likeness (QED) is 0.0244. The number of hydrogen-bond acceptors (Lipinski definition) is 5. The van der Waals surface area contributed by atoms with Gasteiger partial charge < -0.3 is 19.8 Å². The molecule has 0 aliphatic heterocycles. The Hall–Kier alpha value is -1.54. The second kappa shape index (κ2) is 40.8. The first-order chi connectivity index (χ1) is 28.0. The molecule has 58 heavy (non-hydrogen) atoms. The van der Waals surface area contributed by atoms with Crippen LogP contribution in [0.15, 0.2) is 48.6 Å². The fourth-order valence-electron chi connectivity index (χ4n) is 6.66. The molecule has 0 aliphatic carbocycles. The minimum absolute atomic E-state index is 0.0517. The topological polar surface area (TPSA) is 105 Å². The summed E-state index contributed by atoms with van der Waals surface area (Å²) < 4.78 is 23.5. The first-order valence-electron chi connectivity index (χ1n) is 24.0. The summed E-state index contributed by atoms with van der Waals surface area (Å²) in [6.07, 6.45) is 52.0. The zero-order valence-corrected chi connectivity index (χ0v) is 39.4. The van der Waals surface area contributed by atoms with E-state index in [1.165, 1.54) is 135 Å². The van der Waals surface area contributed by atoms with Crippen molar-refractivity contribution in [2.75, 3.05) is 40.9 Å². The van der Waals surface area contributed by atoms with Gasteiger partial charge in [-0.2, -0.15) is 0 Å². The molecule has 8 nitrogen and oxygen atoms in total. The average Bonchev–Trinajstić information content (AvgIpc) is 3.17. The molecule has 0 saturated carbocycles. The Labute approximate surface area is 359 Å². The molecule has 0 spiro atoms. The molecule has 0 bridgehead atoms. The Balaban J connectivity index is 4.32. The van der Waals surface area contributed by atoms with Gasteiger partial charge in [-0.1, -0.05) is 178 Å². The van der Waals surface area contributed by atoms with Crippen LogP contribution in [0.2, 0.25) is 0 Å². The van der Waals surface area contributed by atoms with Gasteiger partial charge in [-0.25, -0.2) is 4.57 Å². The van der Waals surface area contributed by atoms with Gasteiger partial charge in [0.05, 0.1) is 39.9 Å². The van der Waals surface area contributed by atoms with Crippen molar-refractivity contribution in [2.45, 2.75) is 219 Å². The molecule has 340 valence electrons. The van der Waals surface area contributed by atoms with Crippen LogP contribution < -0.4 is 5.32 Å². The Bertz CT molecular complexity index is 1090. The summed E-state index contributed by atoms with van der Waals surface area (Å²) in [5.74, 6) is -0.197. The highest BCUT2D eigenvalue weighted by atomic mass is 31.2. The Morgan fingerprint density at radius 2 is 0.948 bits per heavy atom. The summed E-state index contributed by atoms with van der Waals surface area (Å²) in [4.78, 5) is 23.1. The number of likely N-dealkylation sites (N-methyl/N-ethyl adjacent to an activating group) is 1. The molecular weight excluding hydrogens is 744 g/mol. The molecule has 0 heterocycles. The number of carbonyl (C=O) groups excluding carboxylic acids is 1. The lowest BCUT2D eigenvalue weighted by Crippen LogP contribution is -2.45. The van der Waals surface area contributed by atoms with Crippen molar-refractivity contribution in [2.24, 2.45) is 0 Å². The molecule has 0 aromatic rings. The first-order valence-corrected chi connectivity index (χ1v) is 25.5. The summed E-state index contributed by atoms with van der Waals surface area (Å²) in [6.45, 7) is 4.75. The fourth-order valence-corrected chi connectivity index (χ4v) is 7.39. The van der Waals surface area contributed by atoms with Crippen molar-refractivity contribution < 1.29 is 32.9 Å². The summed E-state index contributed by atoms with van der Waals surface area (Å²) in [5.41, 5.74) is 0. The van der Waals surface area contributed by atoms with Crippen molar-refractivity contribution in [3.05, 3.63) is 48.6 Å². The molecule has 0 aromatic carbocycles. The minimum Gasteiger partial charge on any atom is -0.387 e. The first kappa shape index (κ1) is 56.5. The zero-order valence-electron chi connectivity index (χ0n) is 38.5. The molecule has 3 atom stereocenters. The normalized spacial score (nSPS) is 14.7. The summed E-state index contributed by atoms with van der Waals surface area (Å²) >= 11 is 0. The Morgan fingerprint density at radius 1 is 0.569 bits per heavy atom. The van der Waals surface area contributed by atoms with E-state index >= 15 is 0 Å². The highest BCUT2D eigenvalue weighted by Crippen LogP contribution is 2.43. The van der Waals surface area contributed by atoms with Crippen molar-refractivity contribution in [1.82, 2.24) is 5.32 Å². The molecule has 0 aliphatic rings. The van der Waals surface area contributed by atoms with Crippen LogP contribution in [0.25, 0.3) is 0 Å². The average molecular weight is 838 g/mol. The van der Waals surface area contributed by atoms with Gasteiger partial charge in [-0.3, -0.25) is 13.8 Å². The van der Waals surface area contributed by atoms with E-state index in [1.54, 1.807) is 6.08 Å². The van der Waals surface area contributed by atoms with E-state index in [9.17, 15) is 19.4 Å². The Kier molecular flexibility index (Phi) is 39.8. The summed E-state index contributed by atoms with van der Waals surface area (Å²) in [5, 5.41) is 13.8. The lowest BCUT2D eigenvalue weighted by molar-refractivity contribution is -0.870. The molecule has 3 N–H and O–H groups in total. The second-order valence-corrected chi connectivity index (χ2v) is 18.9. The van der Waals surface area contributed by atoms with Crippen LogP contribution >= 0.6 is 7.82 Å². The summed E-state index contributed by atoms with van der Waals surface area (Å²) in [6, 6.07) is -0.871. The smallest absolute Gasteiger partial charge is 0.387 e. The number of allylic oxidation sites excluding steroid dienone is 7. The number of rotatable bonds is 43. The van der Waals surface area contributed by atoms with Gasteiger partial charge in [0.25, 0.3) is 0 Å². The predicted molar refractivity (Wildman–Crippen MR) is 249 cm³/mol. The maximum absolute atomic E-state index is 12.9. The van der Waals surface area contributed by atoms with Crippen LogP contribution in [0.3, 0.4) is 0 Å². The number of carbonyl (C=O) groups is 1. The number of phosphoric acid groups is 1. The molecule has 0 saturated heterocycles. The van der Waals surface area contributed by atoms with Gasteiger partial charge in [-0.15, -0.1) is 0 Å². The van der Waals surface area contributed by atoms with Crippen molar-refractivity contribution in [3.8, 4) is 0 Å². The second-order valence-electron chi connectivity index (χ2n) is 17.5. The van der Waals surface area contributed by atoms with Gasteiger partial charge in [0.15, 0.2) is 0 Å². The standard InChI is InChI=1S/C49H93N2O6P/c1-6-8-10-12-14-16-18-20-21-22-23-24-25-26-27-28-29-31-33-35-37-39-41-43-49(53)50-47(46-57-58(54,55)56-45-44-51(3,4)5)48(52)42-40-38-36-34-32-30-19-17-15-13-11-9-7-2/h15,17,26-27,32,34,40,42,47-48,52H,6-14,16,18-25,28-31,33,35-39,41,43-46H2,1-5H3,(H-,50,53,54,55)/p+1/b17-15+,27-26-,34-32+,42-40+. The highest BCUT2D eigenvalue weighted by molar-refractivity contribution is 7.47. The molecule has 0 aromatic heterocycles. The SMILES string of the molecule is CCCCC/C=C/CC/C=C/CC/C=C/C(O)C(COP(=O)(O)OCC[N+](C)(C)C)NC(=O)CCCCCCCCC/C=C\CCCCCCCCCCCCCC. The lowest BCUT2D eigenvalue weighted by atomic mass is 10.0. The third-order valence-electron chi connectivity index (χ3n) is 10.5. The fraction of sp³-hybridized carbons (Fsp3) is 0.816. The van der Waals surface area contributed by atoms with E-state index in [1.807, 2.05) is 27.2 Å². The van der Waals surface area contributed by atoms with Gasteiger partial charge in [0, 0.05) is 6.42 Å². The maximum Gasteiger partial charge on any atom is 0.472 e. The van der Waals surface area contributed by atoms with Gasteiger partial charge >= 0.3 is 7.82 Å². The van der Waals surface area contributed by atoms with E-state index in [0.717, 1.165) is 51.4 Å². The highest BCUT2D eigenvalue weighted by Gasteiger charge is 2.27. The molecular formula is C49H94N2O6P+. The number of nitrogens with one attached hydrogen (secondary N) is 1. The van der Waals surface area contributed by atoms with E-state index in [2.05, 4.69) is 55.6 Å². The van der Waals surface area contributed by atoms with E-state index in [0.29, 0.717) is 17.4 Å². The molecule has 0 rings (SSSR count). The number of amides is 1. The summed E-state index contributed by atoms with van der Waals surface area (Å²) in [7, 11) is 1.54. The van der Waals surface area contributed by atoms with Crippen LogP contribution in [-0.4, -0.2) is 73.4 Å². The van der Waals surface area contributed by atoms with E-state index in [4.69, 9.17) is 9.05 Å². The van der Waals surface area contributed by atoms with E-state index in [-0.39, 0.29) is 19.1 Å². The molecule has 9 heteroatoms. The number of nitrogens with zero attached hydrogens (tertiary/aromatic N) is 1. The largest absolute Gasteiger partial charge is 0.472 e. The third-order valence-corrected chi connectivity index (χ3v) is 11.5. The van der Waals surface area contributed by atoms with Crippen LogP contribution in [0.1, 0.15) is 206 Å². The molecule has 0 fully saturated rings. The van der Waals surface area contributed by atoms with Crippen molar-refractivity contribution in [3.63, 3.8) is 0 Å². The van der Waals surface area contributed by atoms with Crippen molar-refractivity contribution in [1.29, 1.82) is 0 Å². The third kappa shape index (κ3) is 42.6. The number of unbranched alkanes of at least 4 members (excludes halogenated alkanes) is 24. The number of quaternary nitrogens is 1. The van der Waals surface area contributed by atoms with Gasteiger partial charge in [0.1, 0.15) is 13.2 Å². The van der Waals surface area contributed by atoms with Gasteiger partial charge in [0.2, 0.25) is 5.91 Å². The number of aliphatic hydroxyl groups excluding tert-OH is 1. The van der Waals surface area contributed by atoms with E-state index < -0.39 is 20.0 Å². The molecule has 0 radical (unpaired) electrons. The monoisotopic (exact) mass is 838 g/mol. The molecule has 3 unspecified atom stereocenters. The van der Waals surface area contributed by atoms with Crippen LogP contribution in [-0.2, 0) is 18.4 Å². The zero-order chi connectivity index (χ0) is 42.8. The van der Waals surface area contributed by atoms with Crippen molar-refractivity contribution >= 4 is 13.7 Å². The molecule has 1 amide bonds. The van der Waals surface area contributed by atoms with Crippen LogP contribution in [0, 0.1) is 0 Å². The number of phosphoric ester groups is 1. The van der Waals surface area contributed by atoms with Crippen LogP contribution in [0.5, 0.6) is 0 Å². The predicted octanol–water partition coefficient (Wildman–Crippen LogP) is 13.6. The van der Waals surface area contributed by atoms with Crippen LogP contribution in [0.4, 0.5) is 0 Å².